The van der Waals surface area contributed by atoms with E-state index < -0.39 is 9.84 Å². The van der Waals surface area contributed by atoms with Crippen LogP contribution >= 0.6 is 0 Å². The second-order valence-electron chi connectivity index (χ2n) is 7.30. The van der Waals surface area contributed by atoms with E-state index in [9.17, 15) is 13.2 Å². The topological polar surface area (TPSA) is 66.5 Å². The van der Waals surface area contributed by atoms with Gasteiger partial charge in [-0.2, -0.15) is 0 Å². The van der Waals surface area contributed by atoms with Gasteiger partial charge in [-0.05, 0) is 30.6 Å². The van der Waals surface area contributed by atoms with Crippen molar-refractivity contribution in [2.75, 3.05) is 18.1 Å². The van der Waals surface area contributed by atoms with Gasteiger partial charge in [-0.25, -0.2) is 8.42 Å². The largest absolute Gasteiger partial charge is 0.325 e. The molecule has 2 aliphatic rings. The van der Waals surface area contributed by atoms with Crippen molar-refractivity contribution in [2.45, 2.75) is 52.7 Å². The van der Waals surface area contributed by atoms with E-state index in [4.69, 9.17) is 0 Å². The number of amides is 1. The maximum absolute atomic E-state index is 12.6. The lowest BCUT2D eigenvalue weighted by Gasteiger charge is -2.29. The molecule has 2 aliphatic heterocycles. The highest BCUT2D eigenvalue weighted by atomic mass is 32.2. The van der Waals surface area contributed by atoms with E-state index in [0.29, 0.717) is 24.8 Å². The van der Waals surface area contributed by atoms with Gasteiger partial charge < -0.3 is 4.90 Å². The molecular weight excluding hydrogens is 288 g/mol. The molecule has 21 heavy (non-hydrogen) atoms. The van der Waals surface area contributed by atoms with Gasteiger partial charge in [0.25, 0.3) is 0 Å². The van der Waals surface area contributed by atoms with Crippen LogP contribution in [0.1, 0.15) is 40.5 Å². The number of hydrogen-bond acceptors (Lipinski definition) is 4. The molecule has 2 heterocycles. The maximum atomic E-state index is 12.6. The predicted octanol–water partition coefficient (Wildman–Crippen LogP) is 1.25. The second kappa shape index (κ2) is 6.24. The van der Waals surface area contributed by atoms with Gasteiger partial charge in [0.1, 0.15) is 0 Å². The molecule has 0 bridgehead atoms. The van der Waals surface area contributed by atoms with E-state index in [1.165, 1.54) is 0 Å². The van der Waals surface area contributed by atoms with Crippen molar-refractivity contribution in [3.8, 4) is 0 Å². The van der Waals surface area contributed by atoms with E-state index in [1.54, 1.807) is 0 Å². The van der Waals surface area contributed by atoms with Crippen LogP contribution in [0.4, 0.5) is 0 Å². The minimum absolute atomic E-state index is 0.0320. The van der Waals surface area contributed by atoms with Gasteiger partial charge in [-0.1, -0.05) is 27.7 Å². The molecule has 0 aromatic rings. The van der Waals surface area contributed by atoms with Gasteiger partial charge in [-0.3, -0.25) is 10.1 Å². The van der Waals surface area contributed by atoms with Crippen LogP contribution in [0.5, 0.6) is 0 Å². The number of nitrogens with one attached hydrogen (secondary N) is 1. The summed E-state index contributed by atoms with van der Waals surface area (Å²) in [7, 11) is -2.88. The maximum Gasteiger partial charge on any atom is 0.241 e. The van der Waals surface area contributed by atoms with Crippen LogP contribution < -0.4 is 5.32 Å². The summed E-state index contributed by atoms with van der Waals surface area (Å²) in [6.07, 6.45) is 1.55. The Bertz CT molecular complexity index is 487. The molecule has 3 atom stereocenters. The molecule has 0 aliphatic carbocycles. The van der Waals surface area contributed by atoms with Crippen LogP contribution in [0, 0.1) is 17.8 Å². The molecular formula is C15H28N2O3S. The summed E-state index contributed by atoms with van der Waals surface area (Å²) in [5.74, 6) is 1.53. The predicted molar refractivity (Wildman–Crippen MR) is 83.5 cm³/mol. The standard InChI is InChI=1S/C15H28N2O3S/c1-10(2)7-13-15(18)17(14(16-13)11(3)4)8-12-5-6-21(19,20)9-12/h10-14,16H,5-9H2,1-4H3. The summed E-state index contributed by atoms with van der Waals surface area (Å²) in [6, 6.07) is -0.115. The number of nitrogens with zero attached hydrogens (tertiary/aromatic N) is 1. The van der Waals surface area contributed by atoms with Crippen LogP contribution in [0.15, 0.2) is 0 Å². The Balaban J connectivity index is 2.06. The molecule has 3 unspecified atom stereocenters. The zero-order chi connectivity index (χ0) is 15.8. The monoisotopic (exact) mass is 316 g/mol. The van der Waals surface area contributed by atoms with Crippen LogP contribution in [0.25, 0.3) is 0 Å². The van der Waals surface area contributed by atoms with Crippen LogP contribution in [-0.4, -0.2) is 49.5 Å². The van der Waals surface area contributed by atoms with Crippen molar-refractivity contribution in [3.63, 3.8) is 0 Å². The first-order valence-corrected chi connectivity index (χ1v) is 9.78. The van der Waals surface area contributed by atoms with Gasteiger partial charge >= 0.3 is 0 Å². The van der Waals surface area contributed by atoms with Crippen molar-refractivity contribution in [3.05, 3.63) is 0 Å². The molecule has 2 saturated heterocycles. The molecule has 6 heteroatoms. The fraction of sp³-hybridized carbons (Fsp3) is 0.933. The SMILES string of the molecule is CC(C)CC1NC(C(C)C)N(CC2CCS(=O)(=O)C2)C1=O. The highest BCUT2D eigenvalue weighted by Gasteiger charge is 2.42. The van der Waals surface area contributed by atoms with Crippen molar-refractivity contribution in [2.24, 2.45) is 17.8 Å². The van der Waals surface area contributed by atoms with Crippen LogP contribution in [0.3, 0.4) is 0 Å². The molecule has 122 valence electrons. The minimum atomic E-state index is -2.88. The third kappa shape index (κ3) is 3.97. The van der Waals surface area contributed by atoms with E-state index in [2.05, 4.69) is 33.0 Å². The zero-order valence-corrected chi connectivity index (χ0v) is 14.3. The Morgan fingerprint density at radius 1 is 1.29 bits per heavy atom. The first-order valence-electron chi connectivity index (χ1n) is 7.96. The summed E-state index contributed by atoms with van der Waals surface area (Å²) < 4.78 is 23.2. The smallest absolute Gasteiger partial charge is 0.241 e. The molecule has 1 amide bonds. The van der Waals surface area contributed by atoms with E-state index in [0.717, 1.165) is 6.42 Å². The fourth-order valence-corrected chi connectivity index (χ4v) is 5.24. The lowest BCUT2D eigenvalue weighted by molar-refractivity contribution is -0.131. The van der Waals surface area contributed by atoms with Crippen molar-refractivity contribution in [1.82, 2.24) is 10.2 Å². The number of carbonyl (C=O) groups excluding carboxylic acids is 1. The lowest BCUT2D eigenvalue weighted by atomic mass is 10.0. The van der Waals surface area contributed by atoms with Crippen LogP contribution in [-0.2, 0) is 14.6 Å². The van der Waals surface area contributed by atoms with Gasteiger partial charge in [0.15, 0.2) is 9.84 Å². The summed E-state index contributed by atoms with van der Waals surface area (Å²) in [5.41, 5.74) is 0. The van der Waals surface area contributed by atoms with Gasteiger partial charge in [0, 0.05) is 6.54 Å². The van der Waals surface area contributed by atoms with E-state index in [1.807, 2.05) is 4.90 Å². The summed E-state index contributed by atoms with van der Waals surface area (Å²) in [5, 5.41) is 3.44. The van der Waals surface area contributed by atoms with Gasteiger partial charge in [0.05, 0.1) is 23.7 Å². The Morgan fingerprint density at radius 2 is 1.95 bits per heavy atom. The van der Waals surface area contributed by atoms with Gasteiger partial charge in [0.2, 0.25) is 5.91 Å². The molecule has 0 spiro atoms. The molecule has 0 aromatic carbocycles. The summed E-state index contributed by atoms with van der Waals surface area (Å²) in [4.78, 5) is 14.5. The lowest BCUT2D eigenvalue weighted by Crippen LogP contribution is -2.44. The van der Waals surface area contributed by atoms with Crippen molar-refractivity contribution in [1.29, 1.82) is 0 Å². The fourth-order valence-electron chi connectivity index (χ4n) is 3.39. The Hall–Kier alpha value is -0.620. The molecule has 5 nitrogen and oxygen atoms in total. The number of rotatable bonds is 5. The average molecular weight is 316 g/mol. The molecule has 2 fully saturated rings. The summed E-state index contributed by atoms with van der Waals surface area (Å²) in [6.45, 7) is 9.00. The van der Waals surface area contributed by atoms with Crippen molar-refractivity contribution < 1.29 is 13.2 Å². The minimum Gasteiger partial charge on any atom is -0.325 e. The molecule has 0 aromatic heterocycles. The van der Waals surface area contributed by atoms with E-state index in [-0.39, 0.29) is 35.5 Å². The highest BCUT2D eigenvalue weighted by molar-refractivity contribution is 7.91. The zero-order valence-electron chi connectivity index (χ0n) is 13.5. The first kappa shape index (κ1) is 16.7. The number of carbonyl (C=O) groups is 1. The average Bonchev–Trinajstić information content (AvgIpc) is 2.83. The molecule has 0 radical (unpaired) electrons. The molecule has 2 rings (SSSR count). The molecule has 1 N–H and O–H groups in total. The van der Waals surface area contributed by atoms with E-state index >= 15 is 0 Å². The number of hydrogen-bond donors (Lipinski definition) is 1. The van der Waals surface area contributed by atoms with Crippen molar-refractivity contribution >= 4 is 15.7 Å². The second-order valence-corrected chi connectivity index (χ2v) is 9.53. The normalized spacial score (nSPS) is 32.6. The third-order valence-electron chi connectivity index (χ3n) is 4.41. The number of sulfone groups is 1. The Kier molecular flexibility index (Phi) is 4.98. The van der Waals surface area contributed by atoms with Crippen LogP contribution in [0.2, 0.25) is 0 Å². The Labute approximate surface area is 128 Å². The molecule has 0 saturated carbocycles. The Morgan fingerprint density at radius 3 is 2.43 bits per heavy atom. The quantitative estimate of drug-likeness (QED) is 0.829. The summed E-state index contributed by atoms with van der Waals surface area (Å²) >= 11 is 0. The third-order valence-corrected chi connectivity index (χ3v) is 6.25. The first-order chi connectivity index (χ1) is 9.69. The van der Waals surface area contributed by atoms with Gasteiger partial charge in [-0.15, -0.1) is 0 Å². The highest BCUT2D eigenvalue weighted by Crippen LogP contribution is 2.26.